The van der Waals surface area contributed by atoms with Crippen LogP contribution in [0.2, 0.25) is 0 Å². The van der Waals surface area contributed by atoms with Crippen molar-refractivity contribution in [2.24, 2.45) is 5.92 Å². The summed E-state index contributed by atoms with van der Waals surface area (Å²) in [4.78, 5) is 16.1. The Labute approximate surface area is 125 Å². The lowest BCUT2D eigenvalue weighted by Crippen LogP contribution is -2.28. The lowest BCUT2D eigenvalue weighted by molar-refractivity contribution is -0.127. The van der Waals surface area contributed by atoms with Gasteiger partial charge in [-0.25, -0.2) is 8.42 Å². The Morgan fingerprint density at radius 1 is 1.15 bits per heavy atom. The number of amides is 1. The van der Waals surface area contributed by atoms with Gasteiger partial charge in [-0.05, 0) is 45.3 Å². The molecule has 0 N–H and O–H groups in total. The van der Waals surface area contributed by atoms with Crippen LogP contribution in [-0.4, -0.2) is 62.6 Å². The van der Waals surface area contributed by atoms with Crippen molar-refractivity contribution in [1.82, 2.24) is 9.80 Å². The highest BCUT2D eigenvalue weighted by atomic mass is 35.7. The van der Waals surface area contributed by atoms with Crippen LogP contribution < -0.4 is 0 Å². The minimum atomic E-state index is -3.50. The Balaban J connectivity index is 1.64. The van der Waals surface area contributed by atoms with E-state index in [1.54, 1.807) is 4.90 Å². The summed E-state index contributed by atoms with van der Waals surface area (Å²) in [5, 5.41) is 0. The largest absolute Gasteiger partial charge is 0.342 e. The molecule has 0 aromatic rings. The molecule has 2 rings (SSSR count). The number of likely N-dealkylation sites (tertiary alicyclic amines) is 2. The molecular formula is C13H23ClN2O3S. The monoisotopic (exact) mass is 322 g/mol. The Kier molecular flexibility index (Phi) is 5.69. The van der Waals surface area contributed by atoms with Crippen molar-refractivity contribution >= 4 is 25.6 Å². The Morgan fingerprint density at radius 3 is 2.45 bits per heavy atom. The quantitative estimate of drug-likeness (QED) is 0.523. The summed E-state index contributed by atoms with van der Waals surface area (Å²) in [6.07, 6.45) is 5.02. The first-order chi connectivity index (χ1) is 9.44. The van der Waals surface area contributed by atoms with Crippen molar-refractivity contribution in [3.8, 4) is 0 Å². The molecule has 0 aromatic carbocycles. The van der Waals surface area contributed by atoms with Crippen molar-refractivity contribution < 1.29 is 13.2 Å². The highest BCUT2D eigenvalue weighted by Crippen LogP contribution is 2.21. The molecule has 0 spiro atoms. The molecule has 7 heteroatoms. The normalized spacial score (nSPS) is 24.8. The molecule has 2 fully saturated rings. The van der Waals surface area contributed by atoms with Crippen LogP contribution in [-0.2, 0) is 13.8 Å². The van der Waals surface area contributed by atoms with E-state index in [2.05, 4.69) is 4.90 Å². The van der Waals surface area contributed by atoms with E-state index in [1.165, 1.54) is 25.9 Å². The molecule has 0 bridgehead atoms. The molecule has 2 heterocycles. The van der Waals surface area contributed by atoms with Gasteiger partial charge in [0.15, 0.2) is 0 Å². The molecule has 0 radical (unpaired) electrons. The molecule has 2 saturated heterocycles. The number of unbranched alkanes of at least 4 members (excludes halogenated alkanes) is 1. The molecule has 1 amide bonds. The fourth-order valence-corrected chi connectivity index (χ4v) is 4.43. The topological polar surface area (TPSA) is 57.7 Å². The van der Waals surface area contributed by atoms with Crippen molar-refractivity contribution in [3.63, 3.8) is 0 Å². The van der Waals surface area contributed by atoms with Gasteiger partial charge in [0, 0.05) is 36.1 Å². The third-order valence-electron chi connectivity index (χ3n) is 4.08. The summed E-state index contributed by atoms with van der Waals surface area (Å²) < 4.78 is 22.1. The Bertz CT molecular complexity index is 435. The van der Waals surface area contributed by atoms with Crippen LogP contribution >= 0.6 is 10.7 Å². The van der Waals surface area contributed by atoms with Gasteiger partial charge < -0.3 is 9.80 Å². The average molecular weight is 323 g/mol. The van der Waals surface area contributed by atoms with E-state index in [4.69, 9.17) is 10.7 Å². The first-order valence-electron chi connectivity index (χ1n) is 7.36. The van der Waals surface area contributed by atoms with Crippen LogP contribution in [0.1, 0.15) is 32.1 Å². The smallest absolute Gasteiger partial charge is 0.232 e. The second-order valence-electron chi connectivity index (χ2n) is 5.87. The Hall–Kier alpha value is -0.330. The summed E-state index contributed by atoms with van der Waals surface area (Å²) in [5.74, 6) is -0.162. The maximum Gasteiger partial charge on any atom is 0.232 e. The number of hydrogen-bond donors (Lipinski definition) is 0. The number of carbonyl (C=O) groups is 1. The van der Waals surface area contributed by atoms with E-state index < -0.39 is 9.05 Å². The van der Waals surface area contributed by atoms with Gasteiger partial charge in [-0.15, -0.1) is 0 Å². The molecule has 20 heavy (non-hydrogen) atoms. The van der Waals surface area contributed by atoms with Gasteiger partial charge in [0.25, 0.3) is 0 Å². The van der Waals surface area contributed by atoms with Gasteiger partial charge in [-0.2, -0.15) is 0 Å². The van der Waals surface area contributed by atoms with Crippen molar-refractivity contribution in [2.75, 3.05) is 38.5 Å². The number of nitrogens with zero attached hydrogens (tertiary/aromatic N) is 2. The third kappa shape index (κ3) is 5.22. The van der Waals surface area contributed by atoms with Crippen molar-refractivity contribution in [2.45, 2.75) is 32.1 Å². The van der Waals surface area contributed by atoms with Crippen molar-refractivity contribution in [3.05, 3.63) is 0 Å². The van der Waals surface area contributed by atoms with E-state index in [1.807, 2.05) is 0 Å². The van der Waals surface area contributed by atoms with E-state index in [-0.39, 0.29) is 17.6 Å². The fourth-order valence-electron chi connectivity index (χ4n) is 3.11. The molecule has 2 aliphatic heterocycles. The summed E-state index contributed by atoms with van der Waals surface area (Å²) >= 11 is 0. The van der Waals surface area contributed by atoms with E-state index in [0.717, 1.165) is 25.9 Å². The summed E-state index contributed by atoms with van der Waals surface area (Å²) in [5.41, 5.74) is 0. The van der Waals surface area contributed by atoms with E-state index in [9.17, 15) is 13.2 Å². The number of halogens is 1. The van der Waals surface area contributed by atoms with Crippen molar-refractivity contribution in [1.29, 1.82) is 0 Å². The highest BCUT2D eigenvalue weighted by molar-refractivity contribution is 8.13. The van der Waals surface area contributed by atoms with E-state index >= 15 is 0 Å². The standard InChI is InChI=1S/C13H23ClN2O3S/c14-20(18,19)11-12-9-13(17)16(10-12)8-4-3-7-15-5-1-2-6-15/h12H,1-11H2. The van der Waals surface area contributed by atoms with Crippen LogP contribution in [0.25, 0.3) is 0 Å². The van der Waals surface area contributed by atoms with Crippen LogP contribution in [0.15, 0.2) is 0 Å². The molecule has 1 unspecified atom stereocenters. The van der Waals surface area contributed by atoms with Gasteiger partial charge >= 0.3 is 0 Å². The predicted molar refractivity (Wildman–Crippen MR) is 79.2 cm³/mol. The maximum absolute atomic E-state index is 11.8. The second kappa shape index (κ2) is 7.09. The predicted octanol–water partition coefficient (Wildman–Crippen LogP) is 1.28. The Morgan fingerprint density at radius 2 is 1.80 bits per heavy atom. The first-order valence-corrected chi connectivity index (χ1v) is 9.84. The lowest BCUT2D eigenvalue weighted by atomic mass is 10.1. The van der Waals surface area contributed by atoms with Crippen LogP contribution in [0.4, 0.5) is 0 Å². The van der Waals surface area contributed by atoms with Gasteiger partial charge in [0.05, 0.1) is 5.75 Å². The van der Waals surface area contributed by atoms with Gasteiger partial charge in [-0.1, -0.05) is 0 Å². The SMILES string of the molecule is O=C1CC(CS(=O)(=O)Cl)CN1CCCCN1CCCC1. The fraction of sp³-hybridized carbons (Fsp3) is 0.923. The third-order valence-corrected chi connectivity index (χ3v) is 5.33. The molecule has 5 nitrogen and oxygen atoms in total. The molecular weight excluding hydrogens is 300 g/mol. The number of carbonyl (C=O) groups excluding carboxylic acids is 1. The highest BCUT2D eigenvalue weighted by Gasteiger charge is 2.31. The molecule has 0 aromatic heterocycles. The van der Waals surface area contributed by atoms with Crippen LogP contribution in [0, 0.1) is 5.92 Å². The average Bonchev–Trinajstić information content (AvgIpc) is 2.93. The zero-order valence-corrected chi connectivity index (χ0v) is 13.3. The zero-order chi connectivity index (χ0) is 14.6. The maximum atomic E-state index is 11.8. The molecule has 0 saturated carbocycles. The lowest BCUT2D eigenvalue weighted by Gasteiger charge is -2.18. The molecule has 1 atom stereocenters. The summed E-state index contributed by atoms with van der Waals surface area (Å²) in [7, 11) is 1.74. The second-order valence-corrected chi connectivity index (χ2v) is 8.69. The molecule has 2 aliphatic rings. The molecule has 116 valence electrons. The summed E-state index contributed by atoms with van der Waals surface area (Å²) in [6.45, 7) is 4.80. The van der Waals surface area contributed by atoms with E-state index in [0.29, 0.717) is 13.0 Å². The zero-order valence-electron chi connectivity index (χ0n) is 11.8. The number of rotatable bonds is 7. The van der Waals surface area contributed by atoms with Gasteiger partial charge in [-0.3, -0.25) is 4.79 Å². The van der Waals surface area contributed by atoms with Gasteiger partial charge in [0.1, 0.15) is 0 Å². The minimum Gasteiger partial charge on any atom is -0.342 e. The molecule has 0 aliphatic carbocycles. The number of hydrogen-bond acceptors (Lipinski definition) is 4. The summed E-state index contributed by atoms with van der Waals surface area (Å²) in [6, 6.07) is 0. The van der Waals surface area contributed by atoms with Gasteiger partial charge in [0.2, 0.25) is 15.0 Å². The minimum absolute atomic E-state index is 0.0662. The first kappa shape index (κ1) is 16.0. The van der Waals surface area contributed by atoms with Crippen LogP contribution in [0.5, 0.6) is 0 Å². The van der Waals surface area contributed by atoms with Crippen LogP contribution in [0.3, 0.4) is 0 Å².